The molecule has 0 spiro atoms. The van der Waals surface area contributed by atoms with Crippen molar-refractivity contribution in [3.63, 3.8) is 0 Å². The number of carbonyl (C=O) groups is 1. The molecule has 3 heteroatoms. The average Bonchev–Trinajstić information content (AvgIpc) is 2.86. The van der Waals surface area contributed by atoms with E-state index in [4.69, 9.17) is 4.74 Å². The Hall–Kier alpha value is -1.35. The van der Waals surface area contributed by atoms with Crippen LogP contribution in [0.15, 0.2) is 30.3 Å². The molecule has 1 saturated carbocycles. The van der Waals surface area contributed by atoms with Gasteiger partial charge in [0.25, 0.3) is 0 Å². The van der Waals surface area contributed by atoms with Gasteiger partial charge in [0, 0.05) is 12.6 Å². The standard InChI is InChI=1S/C15H21NO2/c1-2-18-15(17)13-9-6-10-14(13)16-11-12-7-4-3-5-8-12/h3-5,7-8,13-14,16H,2,6,9-11H2,1H3/t13-,14+/m0/s1. The zero-order chi connectivity index (χ0) is 12.8. The normalized spacial score (nSPS) is 22.9. The van der Waals surface area contributed by atoms with Crippen molar-refractivity contribution >= 4 is 5.97 Å². The Morgan fingerprint density at radius 1 is 1.33 bits per heavy atom. The summed E-state index contributed by atoms with van der Waals surface area (Å²) in [4.78, 5) is 11.8. The molecule has 1 aliphatic carbocycles. The molecule has 18 heavy (non-hydrogen) atoms. The van der Waals surface area contributed by atoms with Gasteiger partial charge in [-0.05, 0) is 25.3 Å². The molecule has 98 valence electrons. The minimum atomic E-state index is -0.0411. The maximum atomic E-state index is 11.8. The highest BCUT2D eigenvalue weighted by Gasteiger charge is 2.33. The van der Waals surface area contributed by atoms with Gasteiger partial charge in [-0.2, -0.15) is 0 Å². The summed E-state index contributed by atoms with van der Waals surface area (Å²) in [5.74, 6) is -0.00535. The van der Waals surface area contributed by atoms with Crippen LogP contribution in [-0.4, -0.2) is 18.6 Å². The van der Waals surface area contributed by atoms with E-state index in [1.807, 2.05) is 25.1 Å². The van der Waals surface area contributed by atoms with Crippen molar-refractivity contribution in [2.24, 2.45) is 5.92 Å². The third kappa shape index (κ3) is 3.33. The molecule has 0 heterocycles. The first kappa shape index (κ1) is 13.1. The van der Waals surface area contributed by atoms with E-state index in [0.29, 0.717) is 6.61 Å². The predicted octanol–water partition coefficient (Wildman–Crippen LogP) is 2.51. The zero-order valence-electron chi connectivity index (χ0n) is 10.9. The van der Waals surface area contributed by atoms with Crippen LogP contribution in [0, 0.1) is 5.92 Å². The van der Waals surface area contributed by atoms with Crippen LogP contribution >= 0.6 is 0 Å². The van der Waals surface area contributed by atoms with Gasteiger partial charge in [0.15, 0.2) is 0 Å². The largest absolute Gasteiger partial charge is 0.466 e. The second-order valence-electron chi connectivity index (χ2n) is 4.76. The maximum Gasteiger partial charge on any atom is 0.310 e. The molecule has 0 aliphatic heterocycles. The molecular formula is C15H21NO2. The second-order valence-corrected chi connectivity index (χ2v) is 4.76. The fraction of sp³-hybridized carbons (Fsp3) is 0.533. The fourth-order valence-electron chi connectivity index (χ4n) is 2.58. The van der Waals surface area contributed by atoms with Gasteiger partial charge in [0.05, 0.1) is 12.5 Å². The molecule has 2 atom stereocenters. The number of ether oxygens (including phenoxy) is 1. The number of carbonyl (C=O) groups excluding carboxylic acids is 1. The van der Waals surface area contributed by atoms with Gasteiger partial charge in [0.1, 0.15) is 0 Å². The van der Waals surface area contributed by atoms with Crippen molar-refractivity contribution in [1.82, 2.24) is 5.32 Å². The lowest BCUT2D eigenvalue weighted by molar-refractivity contribution is -0.148. The second kappa shape index (κ2) is 6.55. The fourth-order valence-corrected chi connectivity index (χ4v) is 2.58. The van der Waals surface area contributed by atoms with E-state index in [1.165, 1.54) is 5.56 Å². The van der Waals surface area contributed by atoms with Gasteiger partial charge >= 0.3 is 5.97 Å². The number of esters is 1. The minimum Gasteiger partial charge on any atom is -0.466 e. The van der Waals surface area contributed by atoms with E-state index in [-0.39, 0.29) is 17.9 Å². The van der Waals surface area contributed by atoms with Crippen LogP contribution in [0.1, 0.15) is 31.7 Å². The van der Waals surface area contributed by atoms with Crippen molar-refractivity contribution < 1.29 is 9.53 Å². The van der Waals surface area contributed by atoms with E-state index in [9.17, 15) is 4.79 Å². The molecule has 2 rings (SSSR count). The number of benzene rings is 1. The van der Waals surface area contributed by atoms with Crippen LogP contribution in [0.5, 0.6) is 0 Å². The van der Waals surface area contributed by atoms with Crippen LogP contribution in [0.25, 0.3) is 0 Å². The van der Waals surface area contributed by atoms with E-state index in [2.05, 4.69) is 17.4 Å². The third-order valence-corrected chi connectivity index (χ3v) is 3.52. The molecule has 0 radical (unpaired) electrons. The third-order valence-electron chi connectivity index (χ3n) is 3.52. The quantitative estimate of drug-likeness (QED) is 0.812. The molecule has 3 nitrogen and oxygen atoms in total. The monoisotopic (exact) mass is 247 g/mol. The molecule has 0 saturated heterocycles. The van der Waals surface area contributed by atoms with E-state index < -0.39 is 0 Å². The van der Waals surface area contributed by atoms with Gasteiger partial charge in [-0.15, -0.1) is 0 Å². The Balaban J connectivity index is 1.86. The maximum absolute atomic E-state index is 11.8. The van der Waals surface area contributed by atoms with E-state index in [1.54, 1.807) is 0 Å². The lowest BCUT2D eigenvalue weighted by Gasteiger charge is -2.19. The molecule has 1 N–H and O–H groups in total. The summed E-state index contributed by atoms with van der Waals surface area (Å²) in [6.45, 7) is 3.15. The smallest absolute Gasteiger partial charge is 0.310 e. The van der Waals surface area contributed by atoms with Crippen LogP contribution < -0.4 is 5.32 Å². The highest BCUT2D eigenvalue weighted by molar-refractivity contribution is 5.73. The lowest BCUT2D eigenvalue weighted by atomic mass is 10.0. The highest BCUT2D eigenvalue weighted by Crippen LogP contribution is 2.27. The van der Waals surface area contributed by atoms with Crippen molar-refractivity contribution in [1.29, 1.82) is 0 Å². The molecule has 0 unspecified atom stereocenters. The van der Waals surface area contributed by atoms with Crippen LogP contribution in [0.2, 0.25) is 0 Å². The Morgan fingerprint density at radius 2 is 2.11 bits per heavy atom. The van der Waals surface area contributed by atoms with Crippen LogP contribution in [0.3, 0.4) is 0 Å². The Kier molecular flexibility index (Phi) is 4.76. The Bertz CT molecular complexity index is 377. The van der Waals surface area contributed by atoms with Gasteiger partial charge < -0.3 is 10.1 Å². The predicted molar refractivity (Wildman–Crippen MR) is 71.0 cm³/mol. The summed E-state index contributed by atoms with van der Waals surface area (Å²) in [6, 6.07) is 10.6. The first-order valence-corrected chi connectivity index (χ1v) is 6.75. The molecule has 1 aromatic rings. The minimum absolute atomic E-state index is 0.0358. The van der Waals surface area contributed by atoms with Crippen LogP contribution in [-0.2, 0) is 16.1 Å². The molecule has 1 aromatic carbocycles. The topological polar surface area (TPSA) is 38.3 Å². The summed E-state index contributed by atoms with van der Waals surface area (Å²) in [7, 11) is 0. The molecule has 1 aliphatic rings. The molecule has 0 amide bonds. The first-order chi connectivity index (χ1) is 8.81. The number of nitrogens with one attached hydrogen (secondary N) is 1. The SMILES string of the molecule is CCOC(=O)[C@H]1CCC[C@H]1NCc1ccccc1. The number of hydrogen-bond donors (Lipinski definition) is 1. The summed E-state index contributed by atoms with van der Waals surface area (Å²) in [6.07, 6.45) is 3.12. The Morgan fingerprint density at radius 3 is 2.83 bits per heavy atom. The summed E-state index contributed by atoms with van der Waals surface area (Å²) in [5, 5.41) is 3.49. The number of rotatable bonds is 5. The first-order valence-electron chi connectivity index (χ1n) is 6.75. The average molecular weight is 247 g/mol. The number of hydrogen-bond acceptors (Lipinski definition) is 3. The lowest BCUT2D eigenvalue weighted by Crippen LogP contribution is -2.36. The van der Waals surface area contributed by atoms with Gasteiger partial charge in [0.2, 0.25) is 0 Å². The highest BCUT2D eigenvalue weighted by atomic mass is 16.5. The van der Waals surface area contributed by atoms with Crippen molar-refractivity contribution in [3.8, 4) is 0 Å². The van der Waals surface area contributed by atoms with Gasteiger partial charge in [-0.3, -0.25) is 4.79 Å². The van der Waals surface area contributed by atoms with Gasteiger partial charge in [-0.25, -0.2) is 0 Å². The summed E-state index contributed by atoms with van der Waals surface area (Å²) >= 11 is 0. The van der Waals surface area contributed by atoms with E-state index >= 15 is 0 Å². The van der Waals surface area contributed by atoms with Crippen molar-refractivity contribution in [3.05, 3.63) is 35.9 Å². The molecule has 0 aromatic heterocycles. The zero-order valence-corrected chi connectivity index (χ0v) is 10.9. The Labute approximate surface area is 109 Å². The van der Waals surface area contributed by atoms with E-state index in [0.717, 1.165) is 25.8 Å². The van der Waals surface area contributed by atoms with Gasteiger partial charge in [-0.1, -0.05) is 36.8 Å². The van der Waals surface area contributed by atoms with Crippen molar-refractivity contribution in [2.75, 3.05) is 6.61 Å². The summed E-state index contributed by atoms with van der Waals surface area (Å²) in [5.41, 5.74) is 1.26. The van der Waals surface area contributed by atoms with Crippen molar-refractivity contribution in [2.45, 2.75) is 38.8 Å². The summed E-state index contributed by atoms with van der Waals surface area (Å²) < 4.78 is 5.13. The molecule has 1 fully saturated rings. The molecular weight excluding hydrogens is 226 g/mol. The molecule has 0 bridgehead atoms. The van der Waals surface area contributed by atoms with Crippen LogP contribution in [0.4, 0.5) is 0 Å².